The highest BCUT2D eigenvalue weighted by Crippen LogP contribution is 2.31. The van der Waals surface area contributed by atoms with E-state index in [4.69, 9.17) is 9.72 Å². The topological polar surface area (TPSA) is 79.8 Å². The Kier molecular flexibility index (Phi) is 7.43. The van der Waals surface area contributed by atoms with E-state index < -0.39 is 9.84 Å². The molecule has 0 N–H and O–H groups in total. The Hall–Kier alpha value is -2.33. The molecule has 0 spiro atoms. The third kappa shape index (κ3) is 5.60. The van der Waals surface area contributed by atoms with E-state index in [1.54, 1.807) is 23.1 Å². The lowest BCUT2D eigenvalue weighted by Gasteiger charge is -2.28. The molecule has 7 nitrogen and oxygen atoms in total. The fraction of sp³-hybridized carbons (Fsp3) is 0.417. The lowest BCUT2D eigenvalue weighted by Crippen LogP contribution is -2.39. The predicted molar refractivity (Wildman–Crippen MR) is 132 cm³/mol. The van der Waals surface area contributed by atoms with Crippen LogP contribution in [-0.4, -0.2) is 69.9 Å². The van der Waals surface area contributed by atoms with Gasteiger partial charge in [0, 0.05) is 32.4 Å². The lowest BCUT2D eigenvalue weighted by atomic mass is 10.2. The van der Waals surface area contributed by atoms with Gasteiger partial charge in [0.1, 0.15) is 0 Å². The summed E-state index contributed by atoms with van der Waals surface area (Å²) in [5.74, 6) is -0.340. The molecule has 1 aliphatic heterocycles. The van der Waals surface area contributed by atoms with Gasteiger partial charge in [-0.3, -0.25) is 14.6 Å². The van der Waals surface area contributed by atoms with Crippen LogP contribution in [0, 0.1) is 0 Å². The second-order valence-corrected chi connectivity index (χ2v) is 11.2. The van der Waals surface area contributed by atoms with Crippen molar-refractivity contribution >= 4 is 42.4 Å². The third-order valence-electron chi connectivity index (χ3n) is 5.80. The number of hydrogen-bond acceptors (Lipinski definition) is 7. The van der Waals surface area contributed by atoms with Crippen molar-refractivity contribution in [1.29, 1.82) is 0 Å². The minimum Gasteiger partial charge on any atom is -0.379 e. The molecule has 1 amide bonds. The van der Waals surface area contributed by atoms with Crippen molar-refractivity contribution in [3.8, 4) is 0 Å². The number of benzene rings is 2. The van der Waals surface area contributed by atoms with Crippen molar-refractivity contribution in [2.24, 2.45) is 0 Å². The second-order valence-electron chi connectivity index (χ2n) is 8.18. The molecular formula is C24H29N3O4S2. The van der Waals surface area contributed by atoms with Gasteiger partial charge in [0.05, 0.1) is 33.9 Å². The van der Waals surface area contributed by atoms with Crippen molar-refractivity contribution < 1.29 is 17.9 Å². The van der Waals surface area contributed by atoms with E-state index in [1.807, 2.05) is 6.07 Å². The van der Waals surface area contributed by atoms with Crippen LogP contribution in [0.2, 0.25) is 0 Å². The molecule has 0 bridgehead atoms. The molecule has 3 aromatic rings. The summed E-state index contributed by atoms with van der Waals surface area (Å²) in [5, 5.41) is 0.591. The SMILES string of the molecule is CCc1ccc2nc(N(CCCN3CCOCC3)C(=O)c3ccccc3S(C)(=O)=O)sc2c1. The summed E-state index contributed by atoms with van der Waals surface area (Å²) >= 11 is 1.47. The molecule has 33 heavy (non-hydrogen) atoms. The molecule has 0 unspecified atom stereocenters. The maximum atomic E-state index is 13.7. The molecule has 2 heterocycles. The smallest absolute Gasteiger partial charge is 0.261 e. The average molecular weight is 488 g/mol. The Morgan fingerprint density at radius 2 is 1.94 bits per heavy atom. The van der Waals surface area contributed by atoms with Crippen molar-refractivity contribution in [1.82, 2.24) is 9.88 Å². The zero-order chi connectivity index (χ0) is 23.4. The van der Waals surface area contributed by atoms with E-state index in [1.165, 1.54) is 23.0 Å². The van der Waals surface area contributed by atoms with E-state index in [0.717, 1.165) is 62.2 Å². The van der Waals surface area contributed by atoms with Crippen LogP contribution in [0.4, 0.5) is 5.13 Å². The molecule has 1 aromatic heterocycles. The molecule has 0 saturated carbocycles. The third-order valence-corrected chi connectivity index (χ3v) is 8.00. The van der Waals surface area contributed by atoms with Gasteiger partial charge in [0.2, 0.25) is 0 Å². The first-order valence-corrected chi connectivity index (χ1v) is 13.9. The summed E-state index contributed by atoms with van der Waals surface area (Å²) < 4.78 is 31.1. The number of thiazole rings is 1. The minimum absolute atomic E-state index is 0.0440. The quantitative estimate of drug-likeness (QED) is 0.483. The number of nitrogens with zero attached hydrogens (tertiary/aromatic N) is 3. The number of aromatic nitrogens is 1. The van der Waals surface area contributed by atoms with Gasteiger partial charge in [-0.15, -0.1) is 0 Å². The van der Waals surface area contributed by atoms with Crippen LogP contribution in [0.15, 0.2) is 47.4 Å². The van der Waals surface area contributed by atoms with E-state index in [-0.39, 0.29) is 16.4 Å². The first-order chi connectivity index (χ1) is 15.9. The van der Waals surface area contributed by atoms with Crippen LogP contribution in [0.5, 0.6) is 0 Å². The summed E-state index contributed by atoms with van der Waals surface area (Å²) in [7, 11) is -3.55. The molecule has 1 aliphatic rings. The first kappa shape index (κ1) is 23.8. The van der Waals surface area contributed by atoms with Gasteiger partial charge < -0.3 is 4.74 Å². The monoisotopic (exact) mass is 487 g/mol. The van der Waals surface area contributed by atoms with Crippen LogP contribution in [0.1, 0.15) is 29.3 Å². The molecule has 176 valence electrons. The number of amides is 1. The number of anilines is 1. The van der Waals surface area contributed by atoms with Gasteiger partial charge >= 0.3 is 0 Å². The largest absolute Gasteiger partial charge is 0.379 e. The Balaban J connectivity index is 1.66. The Morgan fingerprint density at radius 3 is 2.67 bits per heavy atom. The van der Waals surface area contributed by atoms with E-state index >= 15 is 0 Å². The molecule has 0 radical (unpaired) electrons. The summed E-state index contributed by atoms with van der Waals surface area (Å²) in [5.41, 5.74) is 2.24. The van der Waals surface area contributed by atoms with Gasteiger partial charge in [0.15, 0.2) is 15.0 Å². The predicted octanol–water partition coefficient (Wildman–Crippen LogP) is 3.63. The number of rotatable bonds is 8. The fourth-order valence-corrected chi connectivity index (χ4v) is 5.90. The van der Waals surface area contributed by atoms with Crippen molar-refractivity contribution in [2.45, 2.75) is 24.7 Å². The Labute approximate surface area is 198 Å². The highest BCUT2D eigenvalue weighted by Gasteiger charge is 2.26. The second kappa shape index (κ2) is 10.3. The minimum atomic E-state index is -3.55. The number of hydrogen-bond donors (Lipinski definition) is 0. The van der Waals surface area contributed by atoms with Crippen LogP contribution in [0.25, 0.3) is 10.2 Å². The van der Waals surface area contributed by atoms with Gasteiger partial charge in [0.25, 0.3) is 5.91 Å². The van der Waals surface area contributed by atoms with E-state index in [9.17, 15) is 13.2 Å². The molecule has 1 saturated heterocycles. The van der Waals surface area contributed by atoms with Crippen molar-refractivity contribution in [3.05, 3.63) is 53.6 Å². The molecule has 2 aromatic carbocycles. The summed E-state index contributed by atoms with van der Waals surface area (Å²) in [6, 6.07) is 12.5. The molecule has 1 fully saturated rings. The number of carbonyl (C=O) groups is 1. The average Bonchev–Trinajstić information content (AvgIpc) is 3.24. The zero-order valence-corrected chi connectivity index (χ0v) is 20.6. The number of ether oxygens (including phenoxy) is 1. The number of morpholine rings is 1. The van der Waals surface area contributed by atoms with Crippen LogP contribution in [0.3, 0.4) is 0 Å². The van der Waals surface area contributed by atoms with Crippen molar-refractivity contribution in [2.75, 3.05) is 50.5 Å². The lowest BCUT2D eigenvalue weighted by molar-refractivity contribution is 0.0376. The van der Waals surface area contributed by atoms with Crippen molar-refractivity contribution in [3.63, 3.8) is 0 Å². The number of aryl methyl sites for hydroxylation is 1. The summed E-state index contributed by atoms with van der Waals surface area (Å²) in [6.07, 6.45) is 2.81. The van der Waals surface area contributed by atoms with Crippen LogP contribution in [-0.2, 0) is 21.0 Å². The molecule has 0 aliphatic carbocycles. The maximum absolute atomic E-state index is 13.7. The highest BCUT2D eigenvalue weighted by molar-refractivity contribution is 7.90. The fourth-order valence-electron chi connectivity index (χ4n) is 3.97. The van der Waals surface area contributed by atoms with Gasteiger partial charge in [-0.05, 0) is 42.7 Å². The Bertz CT molecular complexity index is 1230. The maximum Gasteiger partial charge on any atom is 0.261 e. The summed E-state index contributed by atoms with van der Waals surface area (Å²) in [4.78, 5) is 22.4. The molecule has 9 heteroatoms. The Morgan fingerprint density at radius 1 is 1.18 bits per heavy atom. The van der Waals surface area contributed by atoms with Crippen LogP contribution < -0.4 is 4.90 Å². The van der Waals surface area contributed by atoms with Crippen LogP contribution >= 0.6 is 11.3 Å². The van der Waals surface area contributed by atoms with Gasteiger partial charge in [-0.25, -0.2) is 13.4 Å². The highest BCUT2D eigenvalue weighted by atomic mass is 32.2. The summed E-state index contributed by atoms with van der Waals surface area (Å²) in [6.45, 7) is 6.61. The number of sulfone groups is 1. The number of fused-ring (bicyclic) bond motifs is 1. The first-order valence-electron chi connectivity index (χ1n) is 11.2. The zero-order valence-electron chi connectivity index (χ0n) is 19.0. The van der Waals surface area contributed by atoms with Gasteiger partial charge in [-0.2, -0.15) is 0 Å². The van der Waals surface area contributed by atoms with E-state index in [2.05, 4.69) is 24.0 Å². The molecule has 4 rings (SSSR count). The van der Waals surface area contributed by atoms with E-state index in [0.29, 0.717) is 11.7 Å². The standard InChI is InChI=1S/C24H29N3O4S2/c1-3-18-9-10-20-21(17-18)32-24(25-20)27(12-6-11-26-13-15-31-16-14-26)23(28)19-7-4-5-8-22(19)33(2,29)30/h4-5,7-10,17H,3,6,11-16H2,1-2H3. The number of carbonyl (C=O) groups excluding carboxylic acids is 1. The molecular weight excluding hydrogens is 458 g/mol. The molecule has 0 atom stereocenters. The normalized spacial score (nSPS) is 15.1. The van der Waals surface area contributed by atoms with Gasteiger partial charge in [-0.1, -0.05) is 36.5 Å².